The van der Waals surface area contributed by atoms with Crippen LogP contribution < -0.4 is 15.8 Å². The number of benzene rings is 1. The Morgan fingerprint density at radius 1 is 1.40 bits per heavy atom. The number of nitrogens with two attached hydrogens (primary N) is 1. The molecule has 4 N–H and O–H groups in total. The van der Waals surface area contributed by atoms with Gasteiger partial charge in [0.25, 0.3) is 5.91 Å². The van der Waals surface area contributed by atoms with E-state index in [1.165, 1.54) is 18.3 Å². The lowest BCUT2D eigenvalue weighted by Gasteiger charge is -2.11. The number of halogens is 2. The number of alkyl halides is 2. The summed E-state index contributed by atoms with van der Waals surface area (Å²) in [5, 5.41) is 2.59. The average molecular weight is 281 g/mol. The molecule has 0 unspecified atom stereocenters. The molecule has 0 saturated carbocycles. The van der Waals surface area contributed by atoms with Gasteiger partial charge in [0.1, 0.15) is 11.4 Å². The third-order valence-corrected chi connectivity index (χ3v) is 2.58. The summed E-state index contributed by atoms with van der Waals surface area (Å²) in [6, 6.07) is 7.75. The van der Waals surface area contributed by atoms with E-state index in [4.69, 9.17) is 5.73 Å². The molecule has 2 aromatic rings. The number of anilines is 1. The first-order valence-electron chi connectivity index (χ1n) is 5.81. The number of nitrogens with one attached hydrogen (secondary N) is 2. The number of hydrogen-bond acceptors (Lipinski definition) is 3. The summed E-state index contributed by atoms with van der Waals surface area (Å²) < 4.78 is 28.9. The minimum absolute atomic E-state index is 0.0359. The van der Waals surface area contributed by atoms with Gasteiger partial charge in [0, 0.05) is 24.0 Å². The number of nitrogen functional groups attached to an aromatic ring is 1. The maximum absolute atomic E-state index is 12.2. The molecular weight excluding hydrogens is 268 g/mol. The standard InChI is InChI=1S/C13H13F2N3O2/c14-13(15)20-11-4-2-1-3-8(11)6-18-12(19)10-5-9(16)7-17-10/h1-5,7,13,17H,6,16H2,(H,18,19). The predicted molar refractivity (Wildman–Crippen MR) is 69.4 cm³/mol. The Kier molecular flexibility index (Phi) is 4.19. The number of aromatic amines is 1. The van der Waals surface area contributed by atoms with Crippen LogP contribution in [0.3, 0.4) is 0 Å². The van der Waals surface area contributed by atoms with Crippen molar-refractivity contribution in [1.82, 2.24) is 10.3 Å². The smallest absolute Gasteiger partial charge is 0.387 e. The molecule has 1 aromatic heterocycles. The first-order valence-corrected chi connectivity index (χ1v) is 5.81. The number of carbonyl (C=O) groups is 1. The van der Waals surface area contributed by atoms with E-state index in [0.29, 0.717) is 16.9 Å². The number of ether oxygens (including phenoxy) is 1. The molecule has 0 spiro atoms. The molecule has 0 bridgehead atoms. The molecule has 0 atom stereocenters. The molecular formula is C13H13F2N3O2. The highest BCUT2D eigenvalue weighted by Crippen LogP contribution is 2.20. The van der Waals surface area contributed by atoms with Gasteiger partial charge in [0.05, 0.1) is 0 Å². The molecule has 0 fully saturated rings. The van der Waals surface area contributed by atoms with Crippen molar-refractivity contribution < 1.29 is 18.3 Å². The van der Waals surface area contributed by atoms with Crippen LogP contribution in [0.1, 0.15) is 16.1 Å². The van der Waals surface area contributed by atoms with Gasteiger partial charge in [-0.05, 0) is 12.1 Å². The summed E-state index contributed by atoms with van der Waals surface area (Å²) in [5.41, 5.74) is 6.69. The van der Waals surface area contributed by atoms with Crippen LogP contribution >= 0.6 is 0 Å². The summed E-state index contributed by atoms with van der Waals surface area (Å²) in [5.74, 6) is -0.345. The Morgan fingerprint density at radius 2 is 2.15 bits per heavy atom. The monoisotopic (exact) mass is 281 g/mol. The van der Waals surface area contributed by atoms with Gasteiger partial charge < -0.3 is 20.8 Å². The fourth-order valence-electron chi connectivity index (χ4n) is 1.67. The van der Waals surface area contributed by atoms with E-state index in [9.17, 15) is 13.6 Å². The van der Waals surface area contributed by atoms with Gasteiger partial charge in [-0.15, -0.1) is 0 Å². The summed E-state index contributed by atoms with van der Waals surface area (Å²) in [7, 11) is 0. The van der Waals surface area contributed by atoms with Crippen molar-refractivity contribution in [2.45, 2.75) is 13.2 Å². The van der Waals surface area contributed by atoms with E-state index in [2.05, 4.69) is 15.0 Å². The van der Waals surface area contributed by atoms with Crippen LogP contribution in [0.2, 0.25) is 0 Å². The topological polar surface area (TPSA) is 80.1 Å². The number of hydrogen-bond donors (Lipinski definition) is 3. The van der Waals surface area contributed by atoms with E-state index in [1.54, 1.807) is 18.2 Å². The fraction of sp³-hybridized carbons (Fsp3) is 0.154. The molecule has 106 valence electrons. The molecule has 0 radical (unpaired) electrons. The number of H-pyrrole nitrogens is 1. The Labute approximate surface area is 113 Å². The summed E-state index contributed by atoms with van der Waals surface area (Å²) in [6.45, 7) is -2.84. The maximum Gasteiger partial charge on any atom is 0.387 e. The van der Waals surface area contributed by atoms with E-state index in [0.717, 1.165) is 0 Å². The Morgan fingerprint density at radius 3 is 2.80 bits per heavy atom. The van der Waals surface area contributed by atoms with Crippen LogP contribution in [0.15, 0.2) is 36.5 Å². The van der Waals surface area contributed by atoms with Gasteiger partial charge in [-0.25, -0.2) is 0 Å². The van der Waals surface area contributed by atoms with Crippen molar-refractivity contribution in [1.29, 1.82) is 0 Å². The summed E-state index contributed by atoms with van der Waals surface area (Å²) >= 11 is 0. The minimum Gasteiger partial charge on any atom is -0.434 e. The fourth-order valence-corrected chi connectivity index (χ4v) is 1.67. The van der Waals surface area contributed by atoms with Crippen molar-refractivity contribution >= 4 is 11.6 Å². The SMILES string of the molecule is Nc1c[nH]c(C(=O)NCc2ccccc2OC(F)F)c1. The summed E-state index contributed by atoms with van der Waals surface area (Å²) in [4.78, 5) is 14.5. The van der Waals surface area contributed by atoms with Crippen molar-refractivity contribution in [3.63, 3.8) is 0 Å². The maximum atomic E-state index is 12.2. The normalized spacial score (nSPS) is 10.6. The first kappa shape index (κ1) is 13.9. The second kappa shape index (κ2) is 6.05. The van der Waals surface area contributed by atoms with E-state index < -0.39 is 6.61 Å². The number of para-hydroxylation sites is 1. The lowest BCUT2D eigenvalue weighted by Crippen LogP contribution is -2.23. The number of aromatic nitrogens is 1. The lowest BCUT2D eigenvalue weighted by molar-refractivity contribution is -0.0504. The number of amides is 1. The predicted octanol–water partition coefficient (Wildman–Crippen LogP) is 2.13. The van der Waals surface area contributed by atoms with Gasteiger partial charge in [0.2, 0.25) is 0 Å². The largest absolute Gasteiger partial charge is 0.434 e. The minimum atomic E-state index is -2.91. The van der Waals surface area contributed by atoms with E-state index >= 15 is 0 Å². The Bertz CT molecular complexity index is 599. The second-order valence-corrected chi connectivity index (χ2v) is 4.02. The van der Waals surface area contributed by atoms with Gasteiger partial charge in [-0.3, -0.25) is 4.79 Å². The van der Waals surface area contributed by atoms with E-state index in [1.807, 2.05) is 0 Å². The molecule has 0 aliphatic heterocycles. The third kappa shape index (κ3) is 3.47. The van der Waals surface area contributed by atoms with Gasteiger partial charge in [0.15, 0.2) is 0 Å². The van der Waals surface area contributed by atoms with Crippen LogP contribution in [0.25, 0.3) is 0 Å². The highest BCUT2D eigenvalue weighted by Gasteiger charge is 2.11. The number of rotatable bonds is 5. The Balaban J connectivity index is 2.02. The highest BCUT2D eigenvalue weighted by atomic mass is 19.3. The zero-order valence-electron chi connectivity index (χ0n) is 10.4. The van der Waals surface area contributed by atoms with Crippen molar-refractivity contribution in [2.24, 2.45) is 0 Å². The summed E-state index contributed by atoms with van der Waals surface area (Å²) in [6.07, 6.45) is 1.49. The second-order valence-electron chi connectivity index (χ2n) is 4.02. The van der Waals surface area contributed by atoms with E-state index in [-0.39, 0.29) is 18.2 Å². The van der Waals surface area contributed by atoms with Crippen LogP contribution in [0.4, 0.5) is 14.5 Å². The van der Waals surface area contributed by atoms with Gasteiger partial charge in [-0.2, -0.15) is 8.78 Å². The zero-order valence-corrected chi connectivity index (χ0v) is 10.4. The first-order chi connectivity index (χ1) is 9.56. The van der Waals surface area contributed by atoms with Crippen LogP contribution in [0, 0.1) is 0 Å². The van der Waals surface area contributed by atoms with Crippen LogP contribution in [-0.2, 0) is 6.54 Å². The number of carbonyl (C=O) groups excluding carboxylic acids is 1. The molecule has 0 aliphatic carbocycles. The molecule has 0 saturated heterocycles. The van der Waals surface area contributed by atoms with Crippen LogP contribution in [0.5, 0.6) is 5.75 Å². The molecule has 1 heterocycles. The van der Waals surface area contributed by atoms with Gasteiger partial charge in [-0.1, -0.05) is 18.2 Å². The third-order valence-electron chi connectivity index (χ3n) is 2.58. The van der Waals surface area contributed by atoms with Crippen molar-refractivity contribution in [3.8, 4) is 5.75 Å². The van der Waals surface area contributed by atoms with Crippen LogP contribution in [-0.4, -0.2) is 17.5 Å². The molecule has 20 heavy (non-hydrogen) atoms. The van der Waals surface area contributed by atoms with Crippen molar-refractivity contribution in [3.05, 3.63) is 47.8 Å². The molecule has 0 aliphatic rings. The molecule has 1 aromatic carbocycles. The lowest BCUT2D eigenvalue weighted by atomic mass is 10.2. The molecule has 7 heteroatoms. The highest BCUT2D eigenvalue weighted by molar-refractivity contribution is 5.93. The quantitative estimate of drug-likeness (QED) is 0.785. The zero-order chi connectivity index (χ0) is 14.5. The van der Waals surface area contributed by atoms with Crippen molar-refractivity contribution in [2.75, 3.05) is 5.73 Å². The molecule has 1 amide bonds. The van der Waals surface area contributed by atoms with Gasteiger partial charge >= 0.3 is 6.61 Å². The average Bonchev–Trinajstić information content (AvgIpc) is 2.83. The Hall–Kier alpha value is -2.57. The molecule has 2 rings (SSSR count). The molecule has 5 nitrogen and oxygen atoms in total.